The number of rotatable bonds is 6. The third kappa shape index (κ3) is 8.26. The molecular weight excluding hydrogens is 164 g/mol. The van der Waals surface area contributed by atoms with E-state index in [9.17, 15) is 5.11 Å². The topological polar surface area (TPSA) is 29.5 Å². The summed E-state index contributed by atoms with van der Waals surface area (Å²) in [5.74, 6) is 0. The predicted molar refractivity (Wildman–Crippen MR) is 55.5 cm³/mol. The molecule has 0 fully saturated rings. The molecule has 0 bridgehead atoms. The highest BCUT2D eigenvalue weighted by molar-refractivity contribution is 4.71. The van der Waals surface area contributed by atoms with E-state index in [0.717, 1.165) is 12.8 Å². The van der Waals surface area contributed by atoms with Crippen molar-refractivity contribution in [1.82, 2.24) is 0 Å². The standard InChI is InChI=1S/C11H23O2/c1-6-7-11(4,5)13-9-8-10(2,3)12/h12H,1,6-9H2,2-5H3. The third-order valence-corrected chi connectivity index (χ3v) is 1.99. The van der Waals surface area contributed by atoms with E-state index in [4.69, 9.17) is 4.74 Å². The molecule has 0 aromatic rings. The van der Waals surface area contributed by atoms with E-state index in [2.05, 4.69) is 20.8 Å². The first-order valence-corrected chi connectivity index (χ1v) is 4.92. The fraction of sp³-hybridized carbons (Fsp3) is 0.909. The van der Waals surface area contributed by atoms with E-state index < -0.39 is 5.60 Å². The van der Waals surface area contributed by atoms with Crippen molar-refractivity contribution in [3.63, 3.8) is 0 Å². The van der Waals surface area contributed by atoms with Crippen molar-refractivity contribution in [3.05, 3.63) is 6.92 Å². The molecule has 0 atom stereocenters. The molecule has 0 unspecified atom stereocenters. The van der Waals surface area contributed by atoms with Gasteiger partial charge in [0.25, 0.3) is 0 Å². The molecule has 0 aliphatic carbocycles. The van der Waals surface area contributed by atoms with Gasteiger partial charge in [0, 0.05) is 0 Å². The van der Waals surface area contributed by atoms with E-state index in [1.807, 2.05) is 0 Å². The van der Waals surface area contributed by atoms with E-state index in [-0.39, 0.29) is 5.60 Å². The minimum Gasteiger partial charge on any atom is -0.390 e. The van der Waals surface area contributed by atoms with Gasteiger partial charge in [-0.1, -0.05) is 13.3 Å². The Labute approximate surface area is 82.3 Å². The molecule has 0 amide bonds. The van der Waals surface area contributed by atoms with Crippen LogP contribution in [-0.2, 0) is 4.74 Å². The first-order valence-electron chi connectivity index (χ1n) is 4.92. The summed E-state index contributed by atoms with van der Waals surface area (Å²) < 4.78 is 5.65. The number of ether oxygens (including phenoxy) is 1. The molecule has 1 radical (unpaired) electrons. The number of hydrogen-bond acceptors (Lipinski definition) is 2. The van der Waals surface area contributed by atoms with Crippen LogP contribution in [0.3, 0.4) is 0 Å². The molecule has 0 heterocycles. The quantitative estimate of drug-likeness (QED) is 0.692. The summed E-state index contributed by atoms with van der Waals surface area (Å²) in [6.07, 6.45) is 2.52. The Morgan fingerprint density at radius 2 is 1.69 bits per heavy atom. The monoisotopic (exact) mass is 187 g/mol. The number of aliphatic hydroxyl groups is 1. The van der Waals surface area contributed by atoms with Crippen LogP contribution in [-0.4, -0.2) is 22.9 Å². The molecule has 0 rings (SSSR count). The Morgan fingerprint density at radius 1 is 1.15 bits per heavy atom. The van der Waals surface area contributed by atoms with Crippen LogP contribution >= 0.6 is 0 Å². The lowest BCUT2D eigenvalue weighted by Gasteiger charge is -2.26. The molecule has 0 aromatic carbocycles. The first-order chi connectivity index (χ1) is 5.77. The van der Waals surface area contributed by atoms with Gasteiger partial charge in [0.05, 0.1) is 17.8 Å². The van der Waals surface area contributed by atoms with Crippen molar-refractivity contribution in [1.29, 1.82) is 0 Å². The van der Waals surface area contributed by atoms with Crippen LogP contribution in [0.2, 0.25) is 0 Å². The Hall–Kier alpha value is -0.0800. The highest BCUT2D eigenvalue weighted by Gasteiger charge is 2.19. The summed E-state index contributed by atoms with van der Waals surface area (Å²) in [6, 6.07) is 0. The summed E-state index contributed by atoms with van der Waals surface area (Å²) in [4.78, 5) is 0. The predicted octanol–water partition coefficient (Wildman–Crippen LogP) is 2.56. The average Bonchev–Trinajstić information content (AvgIpc) is 1.82. The van der Waals surface area contributed by atoms with Crippen molar-refractivity contribution >= 4 is 0 Å². The molecule has 13 heavy (non-hydrogen) atoms. The molecule has 2 nitrogen and oxygen atoms in total. The highest BCUT2D eigenvalue weighted by atomic mass is 16.5. The summed E-state index contributed by atoms with van der Waals surface area (Å²) in [5, 5.41) is 9.45. The average molecular weight is 187 g/mol. The van der Waals surface area contributed by atoms with Gasteiger partial charge in [0.15, 0.2) is 0 Å². The van der Waals surface area contributed by atoms with Crippen LogP contribution in [0.4, 0.5) is 0 Å². The molecule has 0 aromatic heterocycles. The fourth-order valence-electron chi connectivity index (χ4n) is 1.07. The Bertz CT molecular complexity index is 134. The molecule has 1 N–H and O–H groups in total. The van der Waals surface area contributed by atoms with Crippen LogP contribution in [0.5, 0.6) is 0 Å². The lowest BCUT2D eigenvalue weighted by Crippen LogP contribution is -2.28. The lowest BCUT2D eigenvalue weighted by molar-refractivity contribution is -0.0494. The molecular formula is C11H23O2. The van der Waals surface area contributed by atoms with Gasteiger partial charge in [-0.25, -0.2) is 0 Å². The molecule has 0 spiro atoms. The minimum atomic E-state index is -0.624. The van der Waals surface area contributed by atoms with Crippen LogP contribution in [0.25, 0.3) is 0 Å². The zero-order chi connectivity index (χ0) is 10.5. The zero-order valence-electron chi connectivity index (χ0n) is 9.39. The van der Waals surface area contributed by atoms with Crippen molar-refractivity contribution in [2.75, 3.05) is 6.61 Å². The normalized spacial score (nSPS) is 13.4. The third-order valence-electron chi connectivity index (χ3n) is 1.99. The van der Waals surface area contributed by atoms with Gasteiger partial charge in [-0.2, -0.15) is 0 Å². The van der Waals surface area contributed by atoms with Gasteiger partial charge in [-0.15, -0.1) is 0 Å². The van der Waals surface area contributed by atoms with E-state index in [1.54, 1.807) is 13.8 Å². The maximum Gasteiger partial charge on any atom is 0.0626 e. The van der Waals surface area contributed by atoms with Crippen LogP contribution in [0, 0.1) is 6.92 Å². The Kier molecular flexibility index (Phi) is 4.93. The highest BCUT2D eigenvalue weighted by Crippen LogP contribution is 2.18. The fourth-order valence-corrected chi connectivity index (χ4v) is 1.07. The summed E-state index contributed by atoms with van der Waals surface area (Å²) in [7, 11) is 0. The van der Waals surface area contributed by atoms with Gasteiger partial charge in [0.1, 0.15) is 0 Å². The second-order valence-corrected chi connectivity index (χ2v) is 4.77. The summed E-state index contributed by atoms with van der Waals surface area (Å²) >= 11 is 0. The van der Waals surface area contributed by atoms with Crippen LogP contribution < -0.4 is 0 Å². The van der Waals surface area contributed by atoms with Crippen LogP contribution in [0.15, 0.2) is 0 Å². The molecule has 2 heteroatoms. The maximum absolute atomic E-state index is 9.45. The first kappa shape index (κ1) is 12.9. The Balaban J connectivity index is 3.63. The molecule has 0 saturated heterocycles. The van der Waals surface area contributed by atoms with Crippen molar-refractivity contribution in [3.8, 4) is 0 Å². The van der Waals surface area contributed by atoms with Crippen LogP contribution in [0.1, 0.15) is 47.0 Å². The van der Waals surface area contributed by atoms with Gasteiger partial charge in [-0.05, 0) is 40.5 Å². The lowest BCUT2D eigenvalue weighted by atomic mass is 10.0. The van der Waals surface area contributed by atoms with E-state index >= 15 is 0 Å². The molecule has 79 valence electrons. The Morgan fingerprint density at radius 3 is 2.08 bits per heavy atom. The minimum absolute atomic E-state index is 0.104. The maximum atomic E-state index is 9.45. The SMILES string of the molecule is [CH2]CCC(C)(C)OCCC(C)(C)O. The molecule has 0 saturated carbocycles. The second-order valence-electron chi connectivity index (χ2n) is 4.77. The van der Waals surface area contributed by atoms with Crippen molar-refractivity contribution in [2.45, 2.75) is 58.2 Å². The van der Waals surface area contributed by atoms with Gasteiger partial charge in [-0.3, -0.25) is 0 Å². The van der Waals surface area contributed by atoms with Crippen molar-refractivity contribution in [2.24, 2.45) is 0 Å². The smallest absolute Gasteiger partial charge is 0.0626 e. The number of hydrogen-bond donors (Lipinski definition) is 1. The second kappa shape index (κ2) is 4.97. The van der Waals surface area contributed by atoms with Gasteiger partial charge < -0.3 is 9.84 Å². The van der Waals surface area contributed by atoms with E-state index in [1.165, 1.54) is 0 Å². The van der Waals surface area contributed by atoms with Gasteiger partial charge in [0.2, 0.25) is 0 Å². The summed E-state index contributed by atoms with van der Waals surface area (Å²) in [5.41, 5.74) is -0.729. The summed E-state index contributed by atoms with van der Waals surface area (Å²) in [6.45, 7) is 12.1. The van der Waals surface area contributed by atoms with Gasteiger partial charge >= 0.3 is 0 Å². The van der Waals surface area contributed by atoms with Crippen molar-refractivity contribution < 1.29 is 9.84 Å². The van der Waals surface area contributed by atoms with E-state index in [0.29, 0.717) is 13.0 Å². The largest absolute Gasteiger partial charge is 0.390 e. The molecule has 0 aliphatic rings. The molecule has 0 aliphatic heterocycles. The zero-order valence-corrected chi connectivity index (χ0v) is 9.39.